The Morgan fingerprint density at radius 3 is 2.36 bits per heavy atom. The maximum atomic E-state index is 10.6. The van der Waals surface area contributed by atoms with E-state index in [2.05, 4.69) is 11.4 Å². The third kappa shape index (κ3) is 10.1. The maximum absolute atomic E-state index is 10.6. The van der Waals surface area contributed by atoms with Gasteiger partial charge in [-0.25, -0.2) is 11.0 Å². The van der Waals surface area contributed by atoms with Crippen LogP contribution in [-0.2, 0) is 9.09 Å². The van der Waals surface area contributed by atoms with E-state index in [1.165, 1.54) is 12.8 Å². The SMILES string of the molecule is CCCCCCOP(N)(N)=O. The summed E-state index contributed by atoms with van der Waals surface area (Å²) in [7, 11) is -3.21. The van der Waals surface area contributed by atoms with E-state index in [-0.39, 0.29) is 0 Å². The predicted molar refractivity (Wildman–Crippen MR) is 46.1 cm³/mol. The summed E-state index contributed by atoms with van der Waals surface area (Å²) in [5.41, 5.74) is 9.92. The molecule has 0 aromatic rings. The lowest BCUT2D eigenvalue weighted by Crippen LogP contribution is -2.08. The number of nitrogens with two attached hydrogens (primary N) is 2. The fourth-order valence-corrected chi connectivity index (χ4v) is 1.15. The third-order valence-electron chi connectivity index (χ3n) is 1.29. The zero-order chi connectivity index (χ0) is 8.74. The maximum Gasteiger partial charge on any atom is 0.335 e. The molecule has 0 saturated carbocycles. The Hall–Kier alpha value is 0.110. The summed E-state index contributed by atoms with van der Waals surface area (Å²) in [6.07, 6.45) is 4.30. The first kappa shape index (κ1) is 11.1. The molecule has 0 fully saturated rings. The summed E-state index contributed by atoms with van der Waals surface area (Å²) in [5.74, 6) is 0. The molecule has 0 bridgehead atoms. The van der Waals surface area contributed by atoms with E-state index in [1.807, 2.05) is 0 Å². The van der Waals surface area contributed by atoms with Crippen LogP contribution in [-0.4, -0.2) is 6.61 Å². The highest BCUT2D eigenvalue weighted by Gasteiger charge is 2.06. The van der Waals surface area contributed by atoms with Gasteiger partial charge in [-0.3, -0.25) is 4.57 Å². The van der Waals surface area contributed by atoms with Crippen molar-refractivity contribution in [3.63, 3.8) is 0 Å². The highest BCUT2D eigenvalue weighted by atomic mass is 31.2. The predicted octanol–water partition coefficient (Wildman–Crippen LogP) is 1.61. The van der Waals surface area contributed by atoms with Gasteiger partial charge in [0.2, 0.25) is 0 Å². The summed E-state index contributed by atoms with van der Waals surface area (Å²) >= 11 is 0. The van der Waals surface area contributed by atoms with Crippen molar-refractivity contribution in [3.05, 3.63) is 0 Å². The van der Waals surface area contributed by atoms with Gasteiger partial charge in [0.25, 0.3) is 0 Å². The lowest BCUT2D eigenvalue weighted by Gasteiger charge is -2.06. The van der Waals surface area contributed by atoms with Crippen LogP contribution in [0, 0.1) is 0 Å². The molecule has 4 N–H and O–H groups in total. The Morgan fingerprint density at radius 2 is 1.91 bits per heavy atom. The van der Waals surface area contributed by atoms with Crippen LogP contribution in [0.1, 0.15) is 32.6 Å². The van der Waals surface area contributed by atoms with Gasteiger partial charge in [0.05, 0.1) is 6.61 Å². The molecule has 0 aromatic heterocycles. The molecule has 5 heteroatoms. The van der Waals surface area contributed by atoms with E-state index in [9.17, 15) is 4.57 Å². The van der Waals surface area contributed by atoms with Crippen LogP contribution in [0.3, 0.4) is 0 Å². The van der Waals surface area contributed by atoms with E-state index in [0.29, 0.717) is 6.61 Å². The number of unbranched alkanes of at least 4 members (excludes halogenated alkanes) is 3. The molecule has 0 spiro atoms. The van der Waals surface area contributed by atoms with Crippen LogP contribution in [0.5, 0.6) is 0 Å². The average molecular weight is 180 g/mol. The summed E-state index contributed by atoms with van der Waals surface area (Å²) in [4.78, 5) is 0. The normalized spacial score (nSPS) is 11.9. The van der Waals surface area contributed by atoms with Gasteiger partial charge in [-0.2, -0.15) is 0 Å². The summed E-state index contributed by atoms with van der Waals surface area (Å²) < 4.78 is 15.3. The van der Waals surface area contributed by atoms with Gasteiger partial charge in [0.1, 0.15) is 0 Å². The van der Waals surface area contributed by atoms with Crippen LogP contribution in [0.4, 0.5) is 0 Å². The molecule has 0 aliphatic rings. The van der Waals surface area contributed by atoms with Crippen LogP contribution < -0.4 is 11.0 Å². The molecule has 0 saturated heterocycles. The highest BCUT2D eigenvalue weighted by molar-refractivity contribution is 7.53. The van der Waals surface area contributed by atoms with E-state index in [1.54, 1.807) is 0 Å². The molecule has 4 nitrogen and oxygen atoms in total. The Bertz CT molecular complexity index is 135. The van der Waals surface area contributed by atoms with Crippen molar-refractivity contribution in [3.8, 4) is 0 Å². The number of hydrogen-bond acceptors (Lipinski definition) is 2. The van der Waals surface area contributed by atoms with Crippen molar-refractivity contribution in [1.29, 1.82) is 0 Å². The summed E-state index contributed by atoms with van der Waals surface area (Å²) in [6, 6.07) is 0. The monoisotopic (exact) mass is 180 g/mol. The largest absolute Gasteiger partial charge is 0.335 e. The quantitative estimate of drug-likeness (QED) is 0.480. The smallest absolute Gasteiger partial charge is 0.306 e. The molecule has 0 atom stereocenters. The highest BCUT2D eigenvalue weighted by Crippen LogP contribution is 2.26. The second-order valence-corrected chi connectivity index (χ2v) is 4.09. The summed E-state index contributed by atoms with van der Waals surface area (Å²) in [6.45, 7) is 2.53. The van der Waals surface area contributed by atoms with Gasteiger partial charge < -0.3 is 4.52 Å². The number of rotatable bonds is 6. The Kier molecular flexibility index (Phi) is 5.78. The summed E-state index contributed by atoms with van der Waals surface area (Å²) in [5, 5.41) is 0. The zero-order valence-corrected chi connectivity index (χ0v) is 7.85. The minimum absolute atomic E-state index is 0.407. The second-order valence-electron chi connectivity index (χ2n) is 2.54. The molecule has 0 aliphatic carbocycles. The molecule has 11 heavy (non-hydrogen) atoms. The van der Waals surface area contributed by atoms with Crippen molar-refractivity contribution < 1.29 is 9.09 Å². The fourth-order valence-electron chi connectivity index (χ4n) is 0.736. The second kappa shape index (κ2) is 5.72. The molecule has 0 rings (SSSR count). The molecule has 68 valence electrons. The minimum atomic E-state index is -3.21. The van der Waals surface area contributed by atoms with Gasteiger partial charge in [0, 0.05) is 0 Å². The Balaban J connectivity index is 3.09. The Morgan fingerprint density at radius 1 is 1.27 bits per heavy atom. The van der Waals surface area contributed by atoms with Crippen LogP contribution in [0.2, 0.25) is 0 Å². The molecule has 0 radical (unpaired) electrons. The number of hydrogen-bond donors (Lipinski definition) is 2. The molecule has 0 heterocycles. The van der Waals surface area contributed by atoms with Crippen LogP contribution in [0.25, 0.3) is 0 Å². The average Bonchev–Trinajstić information content (AvgIpc) is 1.85. The van der Waals surface area contributed by atoms with Crippen molar-refractivity contribution in [2.75, 3.05) is 6.61 Å². The van der Waals surface area contributed by atoms with E-state index in [0.717, 1.165) is 12.8 Å². The van der Waals surface area contributed by atoms with Crippen molar-refractivity contribution >= 4 is 7.67 Å². The van der Waals surface area contributed by atoms with E-state index in [4.69, 9.17) is 11.0 Å². The van der Waals surface area contributed by atoms with E-state index < -0.39 is 7.67 Å². The van der Waals surface area contributed by atoms with Gasteiger partial charge in [-0.1, -0.05) is 26.2 Å². The molecule has 0 unspecified atom stereocenters. The van der Waals surface area contributed by atoms with Crippen molar-refractivity contribution in [2.45, 2.75) is 32.6 Å². The van der Waals surface area contributed by atoms with Gasteiger partial charge in [-0.15, -0.1) is 0 Å². The fraction of sp³-hybridized carbons (Fsp3) is 1.00. The van der Waals surface area contributed by atoms with Gasteiger partial charge >= 0.3 is 7.67 Å². The van der Waals surface area contributed by atoms with Gasteiger partial charge in [-0.05, 0) is 6.42 Å². The standard InChI is InChI=1S/C6H17N2O2P/c1-2-3-4-5-6-10-11(7,8)9/h2-6H2,1H3,(H4,7,8,9). The van der Waals surface area contributed by atoms with Crippen molar-refractivity contribution in [1.82, 2.24) is 0 Å². The molecular formula is C6H17N2O2P. The lowest BCUT2D eigenvalue weighted by atomic mass is 10.2. The Labute approximate surface area is 67.8 Å². The zero-order valence-electron chi connectivity index (χ0n) is 6.95. The first-order chi connectivity index (χ1) is 5.06. The van der Waals surface area contributed by atoms with E-state index >= 15 is 0 Å². The van der Waals surface area contributed by atoms with Crippen LogP contribution >= 0.6 is 7.67 Å². The van der Waals surface area contributed by atoms with Crippen molar-refractivity contribution in [2.24, 2.45) is 11.0 Å². The topological polar surface area (TPSA) is 78.3 Å². The minimum Gasteiger partial charge on any atom is -0.306 e. The molecule has 0 amide bonds. The van der Waals surface area contributed by atoms with Crippen LogP contribution in [0.15, 0.2) is 0 Å². The first-order valence-electron chi connectivity index (χ1n) is 3.88. The van der Waals surface area contributed by atoms with Gasteiger partial charge in [0.15, 0.2) is 0 Å². The molecular weight excluding hydrogens is 163 g/mol. The molecule has 0 aromatic carbocycles. The third-order valence-corrected chi connectivity index (χ3v) is 1.88. The molecule has 0 aliphatic heterocycles. The first-order valence-corrected chi connectivity index (χ1v) is 5.64. The lowest BCUT2D eigenvalue weighted by molar-refractivity contribution is 0.303.